The minimum Gasteiger partial charge on any atom is -0.353 e. The smallest absolute Gasteiger partial charge is 0.353 e. The van der Waals surface area contributed by atoms with E-state index >= 15 is 0 Å². The van der Waals surface area contributed by atoms with Crippen molar-refractivity contribution < 1.29 is 13.2 Å². The lowest BCUT2D eigenvalue weighted by Gasteiger charge is -2.11. The van der Waals surface area contributed by atoms with Crippen molar-refractivity contribution in [2.75, 3.05) is 7.05 Å². The molecule has 10 heavy (non-hydrogen) atoms. The van der Waals surface area contributed by atoms with Crippen LogP contribution in [-0.4, -0.2) is 30.5 Å². The van der Waals surface area contributed by atoms with Crippen LogP contribution in [-0.2, 0) is 0 Å². The summed E-state index contributed by atoms with van der Waals surface area (Å²) in [6.45, 7) is 2.08. The van der Waals surface area contributed by atoms with E-state index in [4.69, 9.17) is 0 Å². The Kier molecular flexibility index (Phi) is 1.58. The van der Waals surface area contributed by atoms with E-state index in [0.29, 0.717) is 0 Å². The van der Waals surface area contributed by atoms with Gasteiger partial charge in [-0.2, -0.15) is 13.2 Å². The van der Waals surface area contributed by atoms with E-state index in [2.05, 4.69) is 11.5 Å². The van der Waals surface area contributed by atoms with Crippen molar-refractivity contribution in [3.63, 3.8) is 0 Å². The van der Waals surface area contributed by atoms with Crippen molar-refractivity contribution in [3.05, 3.63) is 6.54 Å². The fourth-order valence-corrected chi connectivity index (χ4v) is 0.584. The standard InChI is InChI=1S/C5H5F3N2/c1-10-2-4(9-3-10)5(6,7)8/h3-4H,1H3. The molecule has 0 spiro atoms. The lowest BCUT2D eigenvalue weighted by Crippen LogP contribution is -2.27. The summed E-state index contributed by atoms with van der Waals surface area (Å²) in [5.41, 5.74) is 0. The molecule has 1 aliphatic rings. The molecule has 0 saturated carbocycles. The number of rotatable bonds is 0. The highest BCUT2D eigenvalue weighted by Crippen LogP contribution is 2.27. The molecular formula is C5H5F3N2. The first-order chi connectivity index (χ1) is 4.50. The van der Waals surface area contributed by atoms with Gasteiger partial charge in [-0.3, -0.25) is 4.99 Å². The monoisotopic (exact) mass is 150 g/mol. The second-order valence-electron chi connectivity index (χ2n) is 1.95. The third kappa shape index (κ3) is 1.40. The van der Waals surface area contributed by atoms with E-state index in [1.54, 1.807) is 0 Å². The van der Waals surface area contributed by atoms with E-state index in [-0.39, 0.29) is 0 Å². The quantitative estimate of drug-likeness (QED) is 0.501. The van der Waals surface area contributed by atoms with E-state index < -0.39 is 12.2 Å². The number of alkyl halides is 3. The largest absolute Gasteiger partial charge is 0.413 e. The summed E-state index contributed by atoms with van der Waals surface area (Å²) >= 11 is 0. The number of aliphatic imine (C=N–C) groups is 1. The fourth-order valence-electron chi connectivity index (χ4n) is 0.584. The third-order valence-electron chi connectivity index (χ3n) is 1.02. The van der Waals surface area contributed by atoms with Gasteiger partial charge in [-0.1, -0.05) is 0 Å². The second kappa shape index (κ2) is 2.14. The molecule has 1 aliphatic heterocycles. The molecule has 0 aliphatic carbocycles. The lowest BCUT2D eigenvalue weighted by molar-refractivity contribution is -0.140. The maximum Gasteiger partial charge on any atom is 0.413 e. The topological polar surface area (TPSA) is 15.6 Å². The van der Waals surface area contributed by atoms with Gasteiger partial charge >= 0.3 is 6.18 Å². The highest BCUT2D eigenvalue weighted by molar-refractivity contribution is 5.59. The Hall–Kier alpha value is -0.740. The molecule has 2 radical (unpaired) electrons. The molecule has 1 heterocycles. The van der Waals surface area contributed by atoms with Gasteiger partial charge in [-0.25, -0.2) is 0 Å². The molecule has 0 aromatic heterocycles. The van der Waals surface area contributed by atoms with Gasteiger partial charge in [0, 0.05) is 7.05 Å². The maximum atomic E-state index is 11.7. The first kappa shape index (κ1) is 7.37. The predicted octanol–water partition coefficient (Wildman–Crippen LogP) is 0.930. The fraction of sp³-hybridized carbons (Fsp3) is 0.600. The summed E-state index contributed by atoms with van der Waals surface area (Å²) in [5, 5.41) is 0. The first-order valence-electron chi connectivity index (χ1n) is 2.59. The number of hydrogen-bond donors (Lipinski definition) is 0. The summed E-state index contributed by atoms with van der Waals surface area (Å²) < 4.78 is 35.2. The number of likely N-dealkylation sites (N-methyl/N-ethyl adjacent to an activating group) is 1. The van der Waals surface area contributed by atoms with Gasteiger partial charge in [-0.05, 0) is 0 Å². The first-order valence-corrected chi connectivity index (χ1v) is 2.59. The van der Waals surface area contributed by atoms with Crippen LogP contribution >= 0.6 is 0 Å². The molecule has 0 N–H and O–H groups in total. The van der Waals surface area contributed by atoms with Crippen LogP contribution in [0.2, 0.25) is 0 Å². The molecular weight excluding hydrogens is 145 g/mol. The normalized spacial score (nSPS) is 26.0. The SMILES string of the molecule is CN1[C]C(C(F)(F)F)N=C1. The van der Waals surface area contributed by atoms with Gasteiger partial charge in [0.25, 0.3) is 0 Å². The van der Waals surface area contributed by atoms with Crippen LogP contribution in [0.15, 0.2) is 4.99 Å². The van der Waals surface area contributed by atoms with Gasteiger partial charge in [0.2, 0.25) is 0 Å². The molecule has 2 nitrogen and oxygen atoms in total. The van der Waals surface area contributed by atoms with Gasteiger partial charge < -0.3 is 4.90 Å². The van der Waals surface area contributed by atoms with Crippen LogP contribution in [0.5, 0.6) is 0 Å². The molecule has 0 amide bonds. The van der Waals surface area contributed by atoms with E-state index in [9.17, 15) is 13.2 Å². The van der Waals surface area contributed by atoms with Crippen LogP contribution in [0.3, 0.4) is 0 Å². The highest BCUT2D eigenvalue weighted by Gasteiger charge is 2.42. The Labute approximate surface area is 56.3 Å². The number of hydrogen-bond acceptors (Lipinski definition) is 2. The van der Waals surface area contributed by atoms with Gasteiger partial charge in [0.05, 0.1) is 6.34 Å². The summed E-state index contributed by atoms with van der Waals surface area (Å²) in [6.07, 6.45) is -3.20. The summed E-state index contributed by atoms with van der Waals surface area (Å²) in [6, 6.07) is -1.77. The summed E-state index contributed by atoms with van der Waals surface area (Å²) in [4.78, 5) is 4.32. The number of nitrogens with zero attached hydrogens (tertiary/aromatic N) is 2. The second-order valence-corrected chi connectivity index (χ2v) is 1.95. The Bertz CT molecular complexity index is 151. The van der Waals surface area contributed by atoms with Crippen LogP contribution in [0.1, 0.15) is 0 Å². The van der Waals surface area contributed by atoms with Crippen LogP contribution in [0.25, 0.3) is 0 Å². The molecule has 1 atom stereocenters. The molecule has 0 bridgehead atoms. The van der Waals surface area contributed by atoms with Crippen molar-refractivity contribution >= 4 is 6.34 Å². The molecule has 0 aromatic rings. The Morgan fingerprint density at radius 3 is 2.40 bits per heavy atom. The zero-order valence-corrected chi connectivity index (χ0v) is 5.18. The molecule has 1 unspecified atom stereocenters. The molecule has 0 aromatic carbocycles. The summed E-state index contributed by atoms with van der Waals surface area (Å²) in [5.74, 6) is 0. The average molecular weight is 150 g/mol. The molecule has 56 valence electrons. The van der Waals surface area contributed by atoms with E-state index in [0.717, 1.165) is 11.2 Å². The third-order valence-corrected chi connectivity index (χ3v) is 1.02. The van der Waals surface area contributed by atoms with Gasteiger partial charge in [0.1, 0.15) is 6.54 Å². The zero-order chi connectivity index (χ0) is 7.78. The minimum absolute atomic E-state index is 1.10. The van der Waals surface area contributed by atoms with Crippen molar-refractivity contribution in [2.24, 2.45) is 4.99 Å². The number of halogens is 3. The van der Waals surface area contributed by atoms with Crippen LogP contribution in [0.4, 0.5) is 13.2 Å². The Balaban J connectivity index is 2.55. The maximum absolute atomic E-state index is 11.7. The highest BCUT2D eigenvalue weighted by atomic mass is 19.4. The molecule has 0 saturated heterocycles. The van der Waals surface area contributed by atoms with E-state index in [1.807, 2.05) is 0 Å². The van der Waals surface area contributed by atoms with Crippen LogP contribution < -0.4 is 0 Å². The van der Waals surface area contributed by atoms with E-state index in [1.165, 1.54) is 7.05 Å². The molecule has 5 heteroatoms. The predicted molar refractivity (Wildman–Crippen MR) is 29.3 cm³/mol. The zero-order valence-electron chi connectivity index (χ0n) is 5.18. The Morgan fingerprint density at radius 1 is 1.60 bits per heavy atom. The van der Waals surface area contributed by atoms with Crippen molar-refractivity contribution in [1.82, 2.24) is 4.90 Å². The van der Waals surface area contributed by atoms with Crippen molar-refractivity contribution in [1.29, 1.82) is 0 Å². The average Bonchev–Trinajstić information content (AvgIpc) is 2.11. The molecule has 0 fully saturated rings. The van der Waals surface area contributed by atoms with Crippen molar-refractivity contribution in [3.8, 4) is 0 Å². The lowest BCUT2D eigenvalue weighted by atomic mass is 10.3. The summed E-state index contributed by atoms with van der Waals surface area (Å²) in [7, 11) is 1.45. The van der Waals surface area contributed by atoms with Crippen molar-refractivity contribution in [2.45, 2.75) is 12.2 Å². The van der Waals surface area contributed by atoms with Gasteiger partial charge in [-0.15, -0.1) is 0 Å². The van der Waals surface area contributed by atoms with Crippen LogP contribution in [0, 0.1) is 6.54 Å². The van der Waals surface area contributed by atoms with Gasteiger partial charge in [0.15, 0.2) is 6.04 Å². The Morgan fingerprint density at radius 2 is 2.20 bits per heavy atom. The minimum atomic E-state index is -4.29. The molecule has 1 rings (SSSR count).